The summed E-state index contributed by atoms with van der Waals surface area (Å²) in [7, 11) is 1.73. The summed E-state index contributed by atoms with van der Waals surface area (Å²) in [5.74, 6) is 2.15. The lowest BCUT2D eigenvalue weighted by Crippen LogP contribution is -2.48. The molecule has 0 spiro atoms. The van der Waals surface area contributed by atoms with Crippen LogP contribution in [0.25, 0.3) is 0 Å². The van der Waals surface area contributed by atoms with Gasteiger partial charge in [-0.25, -0.2) is 0 Å². The van der Waals surface area contributed by atoms with Gasteiger partial charge in [-0.1, -0.05) is 55.5 Å². The predicted molar refractivity (Wildman–Crippen MR) is 141 cm³/mol. The number of methoxy groups -OCH3 is 1. The molecule has 2 aromatic carbocycles. The van der Waals surface area contributed by atoms with Crippen LogP contribution in [0.2, 0.25) is 0 Å². The summed E-state index contributed by atoms with van der Waals surface area (Å²) in [6.45, 7) is 9.17. The second-order valence-electron chi connectivity index (χ2n) is 8.04. The number of piperidine rings is 1. The van der Waals surface area contributed by atoms with Crippen molar-refractivity contribution in [3.05, 3.63) is 65.7 Å². The topological polar surface area (TPSA) is 48.9 Å². The molecule has 2 N–H and O–H groups in total. The molecule has 31 heavy (non-hydrogen) atoms. The Morgan fingerprint density at radius 1 is 1.10 bits per heavy atom. The van der Waals surface area contributed by atoms with Crippen molar-refractivity contribution in [2.24, 2.45) is 4.99 Å². The maximum Gasteiger partial charge on any atom is 0.191 e. The van der Waals surface area contributed by atoms with Crippen LogP contribution in [-0.4, -0.2) is 50.2 Å². The monoisotopic (exact) mass is 536 g/mol. The number of hydrogen-bond acceptors (Lipinski definition) is 3. The van der Waals surface area contributed by atoms with Gasteiger partial charge >= 0.3 is 0 Å². The summed E-state index contributed by atoms with van der Waals surface area (Å²) in [4.78, 5) is 7.41. The number of benzene rings is 2. The van der Waals surface area contributed by atoms with E-state index in [0.29, 0.717) is 12.0 Å². The third-order valence-corrected chi connectivity index (χ3v) is 5.71. The first-order valence-corrected chi connectivity index (χ1v) is 11.1. The van der Waals surface area contributed by atoms with Crippen molar-refractivity contribution in [2.75, 3.05) is 33.3 Å². The first-order valence-electron chi connectivity index (χ1n) is 11.1. The summed E-state index contributed by atoms with van der Waals surface area (Å²) in [5, 5.41) is 7.07. The van der Waals surface area contributed by atoms with Crippen LogP contribution >= 0.6 is 24.0 Å². The molecule has 170 valence electrons. The van der Waals surface area contributed by atoms with Crippen molar-refractivity contribution in [3.8, 4) is 5.75 Å². The first kappa shape index (κ1) is 25.5. The van der Waals surface area contributed by atoms with Crippen molar-refractivity contribution in [2.45, 2.75) is 45.2 Å². The molecule has 0 saturated carbocycles. The molecule has 0 aliphatic carbocycles. The maximum atomic E-state index is 5.51. The van der Waals surface area contributed by atoms with Crippen LogP contribution in [0.1, 0.15) is 43.7 Å². The normalized spacial score (nSPS) is 16.3. The van der Waals surface area contributed by atoms with Gasteiger partial charge in [0.1, 0.15) is 5.75 Å². The Hall–Kier alpha value is -1.80. The molecule has 6 heteroatoms. The zero-order chi connectivity index (χ0) is 21.2. The summed E-state index contributed by atoms with van der Waals surface area (Å²) in [6.07, 6.45) is 2.28. The molecule has 1 saturated heterocycles. The molecule has 1 heterocycles. The Morgan fingerprint density at radius 3 is 2.45 bits per heavy atom. The lowest BCUT2D eigenvalue weighted by molar-refractivity contribution is 0.198. The van der Waals surface area contributed by atoms with Gasteiger partial charge in [-0.3, -0.25) is 9.89 Å². The summed E-state index contributed by atoms with van der Waals surface area (Å²) in [5.41, 5.74) is 2.60. The minimum Gasteiger partial charge on any atom is -0.496 e. The molecule has 1 aliphatic rings. The fraction of sp³-hybridized carbons (Fsp3) is 0.480. The van der Waals surface area contributed by atoms with E-state index in [1.54, 1.807) is 7.11 Å². The van der Waals surface area contributed by atoms with Gasteiger partial charge in [0.15, 0.2) is 5.96 Å². The molecular weight excluding hydrogens is 499 g/mol. The number of hydrogen-bond donors (Lipinski definition) is 2. The lowest BCUT2D eigenvalue weighted by Gasteiger charge is -2.33. The molecule has 0 amide bonds. The molecule has 5 nitrogen and oxygen atoms in total. The van der Waals surface area contributed by atoms with Gasteiger partial charge in [0.25, 0.3) is 0 Å². The Balaban J connectivity index is 0.00000341. The number of guanidine groups is 1. The van der Waals surface area contributed by atoms with Crippen molar-refractivity contribution in [3.63, 3.8) is 0 Å². The van der Waals surface area contributed by atoms with Crippen molar-refractivity contribution in [1.29, 1.82) is 0 Å². The highest BCUT2D eigenvalue weighted by atomic mass is 127. The van der Waals surface area contributed by atoms with Crippen molar-refractivity contribution >= 4 is 29.9 Å². The third-order valence-electron chi connectivity index (χ3n) is 5.71. The zero-order valence-electron chi connectivity index (χ0n) is 19.0. The lowest BCUT2D eigenvalue weighted by atomic mass is 10.0. The Kier molecular flexibility index (Phi) is 11.2. The number of rotatable bonds is 8. The number of para-hydroxylation sites is 1. The van der Waals surface area contributed by atoms with Crippen LogP contribution in [0.4, 0.5) is 0 Å². The van der Waals surface area contributed by atoms with Crippen LogP contribution < -0.4 is 15.4 Å². The van der Waals surface area contributed by atoms with E-state index in [9.17, 15) is 0 Å². The zero-order valence-corrected chi connectivity index (χ0v) is 21.3. The van der Waals surface area contributed by atoms with Crippen LogP contribution in [0.15, 0.2) is 59.6 Å². The van der Waals surface area contributed by atoms with E-state index in [2.05, 4.69) is 71.8 Å². The molecule has 3 rings (SSSR count). The fourth-order valence-electron chi connectivity index (χ4n) is 3.99. The number of nitrogens with one attached hydrogen (secondary N) is 2. The molecule has 0 radical (unpaired) electrons. The van der Waals surface area contributed by atoms with Gasteiger partial charge < -0.3 is 15.4 Å². The molecule has 2 aromatic rings. The third kappa shape index (κ3) is 8.00. The molecule has 0 bridgehead atoms. The number of aliphatic imine (C=N–C) groups is 1. The summed E-state index contributed by atoms with van der Waals surface area (Å²) in [6, 6.07) is 19.4. The average Bonchev–Trinajstić information content (AvgIpc) is 2.79. The van der Waals surface area contributed by atoms with E-state index in [-0.39, 0.29) is 24.0 Å². The smallest absolute Gasteiger partial charge is 0.191 e. The highest BCUT2D eigenvalue weighted by Gasteiger charge is 2.20. The number of ether oxygens (including phenoxy) is 1. The highest BCUT2D eigenvalue weighted by Crippen LogP contribution is 2.26. The quantitative estimate of drug-likeness (QED) is 0.294. The standard InChI is InChI=1S/C25H36N4O.HI/c1-4-26-25(27-18-20(2)23-12-8-9-13-24(23)30-3)28-22-14-16-29(17-15-22)19-21-10-6-5-7-11-21;/h5-13,20,22H,4,14-19H2,1-3H3,(H2,26,27,28);1H. The van der Waals surface area contributed by atoms with Gasteiger partial charge in [0.05, 0.1) is 7.11 Å². The Morgan fingerprint density at radius 2 is 1.77 bits per heavy atom. The average molecular weight is 537 g/mol. The van der Waals surface area contributed by atoms with E-state index in [4.69, 9.17) is 9.73 Å². The van der Waals surface area contributed by atoms with Crippen molar-refractivity contribution < 1.29 is 4.74 Å². The fourth-order valence-corrected chi connectivity index (χ4v) is 3.99. The van der Waals surface area contributed by atoms with Crippen LogP contribution in [-0.2, 0) is 6.54 Å². The molecule has 1 fully saturated rings. The number of nitrogens with zero attached hydrogens (tertiary/aromatic N) is 2. The van der Waals surface area contributed by atoms with Gasteiger partial charge in [0, 0.05) is 44.7 Å². The van der Waals surface area contributed by atoms with Gasteiger partial charge in [-0.15, -0.1) is 24.0 Å². The first-order chi connectivity index (χ1) is 14.7. The van der Waals surface area contributed by atoms with E-state index in [0.717, 1.165) is 57.3 Å². The number of likely N-dealkylation sites (tertiary alicyclic amines) is 1. The molecule has 0 aromatic heterocycles. The van der Waals surface area contributed by atoms with Gasteiger partial charge in [-0.2, -0.15) is 0 Å². The second kappa shape index (κ2) is 13.6. The Labute approximate surface area is 204 Å². The Bertz CT molecular complexity index is 791. The predicted octanol–water partition coefficient (Wildman–Crippen LogP) is 4.64. The number of halogens is 1. The van der Waals surface area contributed by atoms with Crippen LogP contribution in [0, 0.1) is 0 Å². The minimum absolute atomic E-state index is 0. The molecule has 1 atom stereocenters. The van der Waals surface area contributed by atoms with Gasteiger partial charge in [-0.05, 0) is 37.0 Å². The molecule has 1 unspecified atom stereocenters. The molecular formula is C25H37IN4O. The molecule has 1 aliphatic heterocycles. The highest BCUT2D eigenvalue weighted by molar-refractivity contribution is 14.0. The van der Waals surface area contributed by atoms with E-state index in [1.807, 2.05) is 12.1 Å². The van der Waals surface area contributed by atoms with E-state index < -0.39 is 0 Å². The summed E-state index contributed by atoms with van der Waals surface area (Å²) >= 11 is 0. The van der Waals surface area contributed by atoms with E-state index >= 15 is 0 Å². The second-order valence-corrected chi connectivity index (χ2v) is 8.04. The van der Waals surface area contributed by atoms with Crippen molar-refractivity contribution in [1.82, 2.24) is 15.5 Å². The maximum absolute atomic E-state index is 5.51. The van der Waals surface area contributed by atoms with Gasteiger partial charge in [0.2, 0.25) is 0 Å². The largest absolute Gasteiger partial charge is 0.496 e. The minimum atomic E-state index is 0. The SMILES string of the molecule is CCNC(=NCC(C)c1ccccc1OC)NC1CCN(Cc2ccccc2)CC1.I. The van der Waals surface area contributed by atoms with Crippen LogP contribution in [0.5, 0.6) is 5.75 Å². The van der Waals surface area contributed by atoms with Crippen LogP contribution in [0.3, 0.4) is 0 Å². The van der Waals surface area contributed by atoms with E-state index in [1.165, 1.54) is 11.1 Å². The summed E-state index contributed by atoms with van der Waals surface area (Å²) < 4.78 is 5.51.